The lowest BCUT2D eigenvalue weighted by Gasteiger charge is -2.22. The minimum Gasteiger partial charge on any atom is -0.364 e. The third-order valence-corrected chi connectivity index (χ3v) is 4.23. The Morgan fingerprint density at radius 2 is 2.08 bits per heavy atom. The molecule has 0 spiro atoms. The second-order valence-corrected chi connectivity index (χ2v) is 6.15. The van der Waals surface area contributed by atoms with Gasteiger partial charge in [-0.25, -0.2) is 0 Å². The van der Waals surface area contributed by atoms with Crippen LogP contribution in [0.15, 0.2) is 53.5 Å². The van der Waals surface area contributed by atoms with Gasteiger partial charge in [-0.3, -0.25) is 9.48 Å². The Balaban J connectivity index is 1.54. The minimum absolute atomic E-state index is 0.0630. The molecule has 1 amide bonds. The summed E-state index contributed by atoms with van der Waals surface area (Å²) in [6, 6.07) is 9.65. The Kier molecular flexibility index (Phi) is 3.65. The predicted octanol–water partition coefficient (Wildman–Crippen LogP) is 2.88. The van der Waals surface area contributed by atoms with Crippen LogP contribution in [-0.4, -0.2) is 31.8 Å². The van der Waals surface area contributed by atoms with Gasteiger partial charge in [-0.15, -0.1) is 0 Å². The maximum absolute atomic E-state index is 12.9. The minimum atomic E-state index is 0.0630. The number of hydrogen-bond acceptors (Lipinski definition) is 4. The smallest absolute Gasteiger partial charge is 0.254 e. The zero-order chi connectivity index (χ0) is 16.5. The molecule has 0 atom stereocenters. The second kappa shape index (κ2) is 5.96. The summed E-state index contributed by atoms with van der Waals surface area (Å²) in [5.74, 6) is 0.0630. The van der Waals surface area contributed by atoms with Crippen molar-refractivity contribution in [1.82, 2.24) is 19.8 Å². The number of rotatable bonds is 5. The molecule has 0 N–H and O–H groups in total. The van der Waals surface area contributed by atoms with Crippen molar-refractivity contribution in [3.05, 3.63) is 60.1 Å². The van der Waals surface area contributed by atoms with Gasteiger partial charge in [-0.05, 0) is 25.0 Å². The van der Waals surface area contributed by atoms with Crippen LogP contribution in [0.5, 0.6) is 0 Å². The molecule has 24 heavy (non-hydrogen) atoms. The fourth-order valence-electron chi connectivity index (χ4n) is 2.81. The first-order chi connectivity index (χ1) is 11.7. The molecule has 6 nitrogen and oxygen atoms in total. The van der Waals surface area contributed by atoms with Crippen LogP contribution in [0.4, 0.5) is 0 Å². The molecule has 6 heteroatoms. The van der Waals surface area contributed by atoms with E-state index in [4.69, 9.17) is 4.52 Å². The van der Waals surface area contributed by atoms with Crippen LogP contribution in [-0.2, 0) is 13.6 Å². The van der Waals surface area contributed by atoms with Gasteiger partial charge in [0.15, 0.2) is 0 Å². The summed E-state index contributed by atoms with van der Waals surface area (Å²) >= 11 is 0. The van der Waals surface area contributed by atoms with E-state index in [0.717, 1.165) is 29.7 Å². The summed E-state index contributed by atoms with van der Waals surface area (Å²) in [6.07, 6.45) is 7.45. The van der Waals surface area contributed by atoms with Crippen molar-refractivity contribution >= 4 is 5.91 Å². The number of benzene rings is 1. The Morgan fingerprint density at radius 1 is 1.29 bits per heavy atom. The molecule has 2 aromatic heterocycles. The Morgan fingerprint density at radius 3 is 2.67 bits per heavy atom. The van der Waals surface area contributed by atoms with Crippen molar-refractivity contribution in [3.63, 3.8) is 0 Å². The number of amides is 1. The topological polar surface area (TPSA) is 64.2 Å². The van der Waals surface area contributed by atoms with Gasteiger partial charge in [-0.2, -0.15) is 5.10 Å². The van der Waals surface area contributed by atoms with Gasteiger partial charge >= 0.3 is 0 Å². The predicted molar refractivity (Wildman–Crippen MR) is 88.0 cm³/mol. The average Bonchev–Trinajstić information content (AvgIpc) is 3.12. The zero-order valence-electron chi connectivity index (χ0n) is 13.4. The van der Waals surface area contributed by atoms with Crippen LogP contribution in [0.1, 0.15) is 28.8 Å². The standard InChI is InChI=1S/C18H18N4O2/c1-21-11-13(10-19-21)12-22(16-6-7-16)18(23)15-4-2-14(3-5-15)17-8-9-24-20-17/h2-5,8-11,16H,6-7,12H2,1H3. The first kappa shape index (κ1) is 14.7. The fourth-order valence-corrected chi connectivity index (χ4v) is 2.81. The van der Waals surface area contributed by atoms with Gasteiger partial charge in [0.2, 0.25) is 0 Å². The average molecular weight is 322 g/mol. The highest BCUT2D eigenvalue weighted by atomic mass is 16.5. The summed E-state index contributed by atoms with van der Waals surface area (Å²) in [4.78, 5) is 14.8. The number of aromatic nitrogens is 3. The third-order valence-electron chi connectivity index (χ3n) is 4.23. The number of aryl methyl sites for hydroxylation is 1. The van der Waals surface area contributed by atoms with Crippen LogP contribution in [0.3, 0.4) is 0 Å². The van der Waals surface area contributed by atoms with Gasteiger partial charge < -0.3 is 9.42 Å². The van der Waals surface area contributed by atoms with Crippen LogP contribution in [0, 0.1) is 0 Å². The van der Waals surface area contributed by atoms with E-state index in [1.54, 1.807) is 10.7 Å². The maximum Gasteiger partial charge on any atom is 0.254 e. The van der Waals surface area contributed by atoms with Crippen molar-refractivity contribution in [2.45, 2.75) is 25.4 Å². The molecule has 1 aliphatic carbocycles. The largest absolute Gasteiger partial charge is 0.364 e. The summed E-state index contributed by atoms with van der Waals surface area (Å²) in [7, 11) is 1.88. The van der Waals surface area contributed by atoms with Crippen LogP contribution < -0.4 is 0 Å². The van der Waals surface area contributed by atoms with E-state index in [1.165, 1.54) is 6.26 Å². The molecule has 0 unspecified atom stereocenters. The highest BCUT2D eigenvalue weighted by Crippen LogP contribution is 2.30. The molecule has 1 aliphatic rings. The lowest BCUT2D eigenvalue weighted by molar-refractivity contribution is 0.0730. The van der Waals surface area contributed by atoms with E-state index < -0.39 is 0 Å². The van der Waals surface area contributed by atoms with Crippen LogP contribution >= 0.6 is 0 Å². The third kappa shape index (κ3) is 2.95. The zero-order valence-corrected chi connectivity index (χ0v) is 13.4. The quantitative estimate of drug-likeness (QED) is 0.724. The summed E-state index contributed by atoms with van der Waals surface area (Å²) in [5, 5.41) is 8.10. The van der Waals surface area contributed by atoms with E-state index in [9.17, 15) is 4.79 Å². The molecule has 0 bridgehead atoms. The summed E-state index contributed by atoms with van der Waals surface area (Å²) in [5.41, 5.74) is 3.45. The molecule has 1 fully saturated rings. The molecular weight excluding hydrogens is 304 g/mol. The summed E-state index contributed by atoms with van der Waals surface area (Å²) < 4.78 is 6.62. The van der Waals surface area contributed by atoms with Crippen molar-refractivity contribution in [2.75, 3.05) is 0 Å². The lowest BCUT2D eigenvalue weighted by atomic mass is 10.1. The van der Waals surface area contributed by atoms with Crippen molar-refractivity contribution < 1.29 is 9.32 Å². The van der Waals surface area contributed by atoms with Crippen LogP contribution in [0.2, 0.25) is 0 Å². The first-order valence-corrected chi connectivity index (χ1v) is 8.00. The summed E-state index contributed by atoms with van der Waals surface area (Å²) in [6.45, 7) is 0.600. The maximum atomic E-state index is 12.9. The second-order valence-electron chi connectivity index (χ2n) is 6.15. The van der Waals surface area contributed by atoms with Gasteiger partial charge in [-0.1, -0.05) is 17.3 Å². The molecule has 1 saturated carbocycles. The van der Waals surface area contributed by atoms with Crippen LogP contribution in [0.25, 0.3) is 11.3 Å². The molecule has 1 aromatic carbocycles. The van der Waals surface area contributed by atoms with Gasteiger partial charge in [0.25, 0.3) is 5.91 Å². The van der Waals surface area contributed by atoms with E-state index in [2.05, 4.69) is 10.3 Å². The number of carbonyl (C=O) groups is 1. The van der Waals surface area contributed by atoms with Crippen molar-refractivity contribution in [1.29, 1.82) is 0 Å². The van der Waals surface area contributed by atoms with E-state index >= 15 is 0 Å². The van der Waals surface area contributed by atoms with Crippen molar-refractivity contribution in [2.24, 2.45) is 7.05 Å². The Bertz CT molecular complexity index is 832. The van der Waals surface area contributed by atoms with Gasteiger partial charge in [0.1, 0.15) is 12.0 Å². The highest BCUT2D eigenvalue weighted by molar-refractivity contribution is 5.95. The number of nitrogens with zero attached hydrogens (tertiary/aromatic N) is 4. The molecule has 3 aromatic rings. The molecule has 0 saturated heterocycles. The van der Waals surface area contributed by atoms with E-state index in [1.807, 2.05) is 48.6 Å². The molecular formula is C18H18N4O2. The molecule has 4 rings (SSSR count). The lowest BCUT2D eigenvalue weighted by Crippen LogP contribution is -2.32. The number of carbonyl (C=O) groups excluding carboxylic acids is 1. The molecule has 122 valence electrons. The molecule has 2 heterocycles. The van der Waals surface area contributed by atoms with Crippen molar-refractivity contribution in [3.8, 4) is 11.3 Å². The van der Waals surface area contributed by atoms with Gasteiger partial charge in [0, 0.05) is 48.6 Å². The Labute approximate surface area is 139 Å². The van der Waals surface area contributed by atoms with E-state index in [0.29, 0.717) is 18.2 Å². The normalized spacial score (nSPS) is 13.9. The highest BCUT2D eigenvalue weighted by Gasteiger charge is 2.33. The monoisotopic (exact) mass is 322 g/mol. The Hall–Kier alpha value is -2.89. The molecule has 0 aliphatic heterocycles. The van der Waals surface area contributed by atoms with Gasteiger partial charge in [0.05, 0.1) is 6.20 Å². The number of hydrogen-bond donors (Lipinski definition) is 0. The first-order valence-electron chi connectivity index (χ1n) is 8.00. The van der Waals surface area contributed by atoms with E-state index in [-0.39, 0.29) is 5.91 Å². The SMILES string of the molecule is Cn1cc(CN(C(=O)c2ccc(-c3ccon3)cc2)C2CC2)cn1. The molecule has 0 radical (unpaired) electrons. The fraction of sp³-hybridized carbons (Fsp3) is 0.278.